The van der Waals surface area contributed by atoms with Crippen LogP contribution in [0.5, 0.6) is 0 Å². The summed E-state index contributed by atoms with van der Waals surface area (Å²) in [5, 5.41) is 7.26. The first-order chi connectivity index (χ1) is 10.7. The first-order valence-electron chi connectivity index (χ1n) is 7.87. The summed E-state index contributed by atoms with van der Waals surface area (Å²) in [4.78, 5) is 24.9. The van der Waals surface area contributed by atoms with Gasteiger partial charge in [0.2, 0.25) is 11.8 Å². The number of aryl methyl sites for hydroxylation is 1. The highest BCUT2D eigenvalue weighted by molar-refractivity contribution is 5.90. The van der Waals surface area contributed by atoms with E-state index >= 15 is 0 Å². The van der Waals surface area contributed by atoms with Gasteiger partial charge in [0.15, 0.2) is 0 Å². The molecule has 2 rings (SSSR count). The van der Waals surface area contributed by atoms with Crippen LogP contribution in [0, 0.1) is 0 Å². The number of carbonyl (C=O) groups is 2. The molecule has 0 radical (unpaired) electrons. The van der Waals surface area contributed by atoms with Gasteiger partial charge in [-0.2, -0.15) is 5.10 Å². The van der Waals surface area contributed by atoms with Gasteiger partial charge in [0.1, 0.15) is 0 Å². The normalized spacial score (nSPS) is 13.3. The summed E-state index contributed by atoms with van der Waals surface area (Å²) < 4.78 is 2.07. The number of fused-ring (bicyclic) bond motifs is 1. The molecule has 1 aliphatic rings. The first kappa shape index (κ1) is 16.3. The van der Waals surface area contributed by atoms with Crippen LogP contribution in [0.1, 0.15) is 31.0 Å². The van der Waals surface area contributed by atoms with Crippen molar-refractivity contribution in [3.05, 3.63) is 30.1 Å². The van der Waals surface area contributed by atoms with Crippen LogP contribution < -0.4 is 5.32 Å². The van der Waals surface area contributed by atoms with Crippen LogP contribution in [0.15, 0.2) is 18.9 Å². The van der Waals surface area contributed by atoms with Crippen molar-refractivity contribution >= 4 is 11.8 Å². The number of nitrogens with zero attached hydrogens (tertiary/aromatic N) is 3. The Kier molecular flexibility index (Phi) is 5.75. The standard InChI is InChI=1S/C16H24N4O2/c1-3-16(22)19(4-2)12-15(21)17-9-8-13-11-18-20-10-6-5-7-14(13)20/h3,11H,1,4-10,12H2,2H3,(H,17,21). The molecule has 6 nitrogen and oxygen atoms in total. The fourth-order valence-electron chi connectivity index (χ4n) is 2.74. The van der Waals surface area contributed by atoms with Crippen molar-refractivity contribution in [2.75, 3.05) is 19.6 Å². The third-order valence-electron chi connectivity index (χ3n) is 3.99. The number of nitrogens with one attached hydrogen (secondary N) is 1. The van der Waals surface area contributed by atoms with E-state index in [-0.39, 0.29) is 18.4 Å². The van der Waals surface area contributed by atoms with Crippen molar-refractivity contribution in [3.63, 3.8) is 0 Å². The van der Waals surface area contributed by atoms with Crippen LogP contribution in [-0.2, 0) is 29.0 Å². The van der Waals surface area contributed by atoms with E-state index in [1.54, 1.807) is 0 Å². The van der Waals surface area contributed by atoms with Gasteiger partial charge in [0, 0.05) is 25.3 Å². The molecule has 0 bridgehead atoms. The van der Waals surface area contributed by atoms with Gasteiger partial charge in [-0.05, 0) is 44.2 Å². The molecule has 0 aliphatic carbocycles. The molecule has 1 N–H and O–H groups in total. The number of carbonyl (C=O) groups excluding carboxylic acids is 2. The Balaban J connectivity index is 1.78. The van der Waals surface area contributed by atoms with Crippen molar-refractivity contribution in [1.29, 1.82) is 0 Å². The maximum absolute atomic E-state index is 11.9. The van der Waals surface area contributed by atoms with Gasteiger partial charge in [0.05, 0.1) is 12.7 Å². The molecule has 22 heavy (non-hydrogen) atoms. The summed E-state index contributed by atoms with van der Waals surface area (Å²) in [7, 11) is 0. The molecular formula is C16H24N4O2. The summed E-state index contributed by atoms with van der Waals surface area (Å²) in [5.74, 6) is -0.360. The van der Waals surface area contributed by atoms with Crippen molar-refractivity contribution in [2.24, 2.45) is 0 Å². The molecule has 120 valence electrons. The lowest BCUT2D eigenvalue weighted by Gasteiger charge is -2.18. The highest BCUT2D eigenvalue weighted by Crippen LogP contribution is 2.18. The Morgan fingerprint density at radius 3 is 3.05 bits per heavy atom. The molecule has 0 unspecified atom stereocenters. The van der Waals surface area contributed by atoms with E-state index < -0.39 is 0 Å². The van der Waals surface area contributed by atoms with Crippen molar-refractivity contribution in [2.45, 2.75) is 39.2 Å². The second-order valence-corrected chi connectivity index (χ2v) is 5.45. The lowest BCUT2D eigenvalue weighted by Crippen LogP contribution is -2.40. The number of hydrogen-bond donors (Lipinski definition) is 1. The van der Waals surface area contributed by atoms with E-state index in [4.69, 9.17) is 0 Å². The van der Waals surface area contributed by atoms with Gasteiger partial charge in [-0.15, -0.1) is 0 Å². The van der Waals surface area contributed by atoms with Gasteiger partial charge < -0.3 is 10.2 Å². The predicted molar refractivity (Wildman–Crippen MR) is 84.3 cm³/mol. The van der Waals surface area contributed by atoms with Crippen LogP contribution in [0.4, 0.5) is 0 Å². The largest absolute Gasteiger partial charge is 0.354 e. The summed E-state index contributed by atoms with van der Waals surface area (Å²) in [6, 6.07) is 0. The summed E-state index contributed by atoms with van der Waals surface area (Å²) >= 11 is 0. The summed E-state index contributed by atoms with van der Waals surface area (Å²) in [5.41, 5.74) is 2.52. The van der Waals surface area contributed by atoms with Gasteiger partial charge >= 0.3 is 0 Å². The molecule has 0 saturated heterocycles. The number of hydrogen-bond acceptors (Lipinski definition) is 3. The lowest BCUT2D eigenvalue weighted by molar-refractivity contribution is -0.132. The molecule has 1 aromatic heterocycles. The number of amides is 2. The van der Waals surface area contributed by atoms with Gasteiger partial charge in [-0.25, -0.2) is 0 Å². The minimum Gasteiger partial charge on any atom is -0.354 e. The van der Waals surface area contributed by atoms with Crippen LogP contribution in [-0.4, -0.2) is 46.1 Å². The number of likely N-dealkylation sites (N-methyl/N-ethyl adjacent to an activating group) is 1. The molecule has 0 saturated carbocycles. The minimum atomic E-state index is -0.219. The van der Waals surface area contributed by atoms with Crippen LogP contribution in [0.25, 0.3) is 0 Å². The first-order valence-corrected chi connectivity index (χ1v) is 7.87. The molecular weight excluding hydrogens is 280 g/mol. The zero-order valence-corrected chi connectivity index (χ0v) is 13.2. The number of aromatic nitrogens is 2. The predicted octanol–water partition coefficient (Wildman–Crippen LogP) is 0.913. The van der Waals surface area contributed by atoms with Crippen molar-refractivity contribution in [1.82, 2.24) is 20.0 Å². The van der Waals surface area contributed by atoms with E-state index in [2.05, 4.69) is 21.7 Å². The van der Waals surface area contributed by atoms with Crippen molar-refractivity contribution < 1.29 is 9.59 Å². The topological polar surface area (TPSA) is 67.2 Å². The highest BCUT2D eigenvalue weighted by Gasteiger charge is 2.15. The summed E-state index contributed by atoms with van der Waals surface area (Å²) in [6.07, 6.45) is 7.39. The van der Waals surface area contributed by atoms with Crippen LogP contribution >= 0.6 is 0 Å². The SMILES string of the molecule is C=CC(=O)N(CC)CC(=O)NCCc1cnn2c1CCCC2. The second-order valence-electron chi connectivity index (χ2n) is 5.45. The van der Waals surface area contributed by atoms with Gasteiger partial charge in [-0.3, -0.25) is 14.3 Å². The molecule has 0 atom stereocenters. The average molecular weight is 304 g/mol. The molecule has 0 aromatic carbocycles. The van der Waals surface area contributed by atoms with Gasteiger partial charge in [0.25, 0.3) is 0 Å². The molecule has 0 fully saturated rings. The lowest BCUT2D eigenvalue weighted by atomic mass is 10.1. The Morgan fingerprint density at radius 2 is 2.32 bits per heavy atom. The zero-order chi connectivity index (χ0) is 15.9. The van der Waals surface area contributed by atoms with Gasteiger partial charge in [-0.1, -0.05) is 6.58 Å². The molecule has 2 amide bonds. The minimum absolute atomic E-state index is 0.0769. The summed E-state index contributed by atoms with van der Waals surface area (Å²) in [6.45, 7) is 7.42. The Bertz CT molecular complexity index is 550. The average Bonchev–Trinajstić information content (AvgIpc) is 2.95. The third kappa shape index (κ3) is 3.96. The van der Waals surface area contributed by atoms with Crippen LogP contribution in [0.2, 0.25) is 0 Å². The Morgan fingerprint density at radius 1 is 1.50 bits per heavy atom. The quantitative estimate of drug-likeness (QED) is 0.762. The highest BCUT2D eigenvalue weighted by atomic mass is 16.2. The van der Waals surface area contributed by atoms with Crippen LogP contribution in [0.3, 0.4) is 0 Å². The fourth-order valence-corrected chi connectivity index (χ4v) is 2.74. The third-order valence-corrected chi connectivity index (χ3v) is 3.99. The molecule has 0 spiro atoms. The van der Waals surface area contributed by atoms with E-state index in [9.17, 15) is 9.59 Å². The van der Waals surface area contributed by atoms with E-state index in [0.29, 0.717) is 13.1 Å². The molecule has 6 heteroatoms. The Hall–Kier alpha value is -2.11. The molecule has 1 aliphatic heterocycles. The maximum atomic E-state index is 11.9. The molecule has 1 aromatic rings. The smallest absolute Gasteiger partial charge is 0.246 e. The van der Waals surface area contributed by atoms with Crippen molar-refractivity contribution in [3.8, 4) is 0 Å². The second kappa shape index (κ2) is 7.77. The zero-order valence-electron chi connectivity index (χ0n) is 13.2. The fraction of sp³-hybridized carbons (Fsp3) is 0.562. The van der Waals surface area contributed by atoms with E-state index in [1.807, 2.05) is 13.1 Å². The maximum Gasteiger partial charge on any atom is 0.246 e. The molecule has 2 heterocycles. The monoisotopic (exact) mass is 304 g/mol. The number of rotatable bonds is 7. The Labute approximate surface area is 131 Å². The van der Waals surface area contributed by atoms with E-state index in [1.165, 1.54) is 35.1 Å². The van der Waals surface area contributed by atoms with E-state index in [0.717, 1.165) is 19.4 Å².